The summed E-state index contributed by atoms with van der Waals surface area (Å²) in [7, 11) is 3.52. The fraction of sp³-hybridized carbons (Fsp3) is 0.522. The number of aromatic nitrogens is 6. The van der Waals surface area contributed by atoms with Crippen LogP contribution in [0, 0.1) is 6.92 Å². The number of nitrogens with zero attached hydrogens (tertiary/aromatic N) is 6. The van der Waals surface area contributed by atoms with Crippen molar-refractivity contribution in [3.05, 3.63) is 36.0 Å². The molecule has 0 aliphatic heterocycles. The van der Waals surface area contributed by atoms with Gasteiger partial charge in [-0.25, -0.2) is 15.0 Å². The highest BCUT2D eigenvalue weighted by molar-refractivity contribution is 5.58. The first kappa shape index (κ1) is 22.9. The lowest BCUT2D eigenvalue weighted by molar-refractivity contribution is 0.143. The first-order chi connectivity index (χ1) is 16.1. The second kappa shape index (κ2) is 11.0. The van der Waals surface area contributed by atoms with E-state index in [4.69, 9.17) is 19.2 Å². The van der Waals surface area contributed by atoms with Crippen molar-refractivity contribution in [2.24, 2.45) is 7.05 Å². The molecule has 1 N–H and O–H groups in total. The van der Waals surface area contributed by atoms with E-state index in [1.54, 1.807) is 36.4 Å². The summed E-state index contributed by atoms with van der Waals surface area (Å²) in [5.74, 6) is 2.33. The molecule has 1 fully saturated rings. The summed E-state index contributed by atoms with van der Waals surface area (Å²) < 4.78 is 18.5. The van der Waals surface area contributed by atoms with Crippen LogP contribution in [0.3, 0.4) is 0 Å². The number of hydrogen-bond donors (Lipinski definition) is 1. The average molecular weight is 454 g/mol. The van der Waals surface area contributed by atoms with Crippen LogP contribution >= 0.6 is 0 Å². The molecule has 176 valence electrons. The first-order valence-electron chi connectivity index (χ1n) is 11.3. The van der Waals surface area contributed by atoms with E-state index in [9.17, 15) is 0 Å². The number of rotatable bonds is 10. The molecule has 4 rings (SSSR count). The maximum Gasteiger partial charge on any atom is 0.226 e. The molecule has 10 nitrogen and oxygen atoms in total. The van der Waals surface area contributed by atoms with Gasteiger partial charge in [0.15, 0.2) is 11.6 Å². The Labute approximate surface area is 193 Å². The normalized spacial score (nSPS) is 14.3. The monoisotopic (exact) mass is 453 g/mol. The van der Waals surface area contributed by atoms with Crippen molar-refractivity contribution in [1.82, 2.24) is 29.7 Å². The predicted molar refractivity (Wildman–Crippen MR) is 123 cm³/mol. The van der Waals surface area contributed by atoms with E-state index in [0.29, 0.717) is 37.4 Å². The minimum atomic E-state index is 0.263. The molecule has 0 amide bonds. The third kappa shape index (κ3) is 5.95. The lowest BCUT2D eigenvalue weighted by atomic mass is 9.98. The minimum absolute atomic E-state index is 0.263. The number of hydrogen-bond acceptors (Lipinski definition) is 9. The molecule has 1 aliphatic carbocycles. The predicted octanol–water partition coefficient (Wildman–Crippen LogP) is 3.32. The van der Waals surface area contributed by atoms with Gasteiger partial charge in [0.05, 0.1) is 48.6 Å². The van der Waals surface area contributed by atoms with Crippen molar-refractivity contribution in [1.29, 1.82) is 0 Å². The number of methoxy groups -OCH3 is 1. The van der Waals surface area contributed by atoms with Crippen molar-refractivity contribution >= 4 is 5.95 Å². The fourth-order valence-corrected chi connectivity index (χ4v) is 3.82. The minimum Gasteiger partial charge on any atom is -0.487 e. The van der Waals surface area contributed by atoms with Gasteiger partial charge in [-0.3, -0.25) is 4.68 Å². The zero-order chi connectivity index (χ0) is 23.0. The van der Waals surface area contributed by atoms with Gasteiger partial charge in [-0.05, 0) is 32.6 Å². The third-order valence-electron chi connectivity index (χ3n) is 5.66. The standard InChI is InChI=1S/C23H31N7O3/c1-16-20(33-17-7-5-4-6-8-17)15-25-22(28-16)18-13-27-30(2)19(18)14-26-23-24-10-9-21(29-23)32-12-11-31-3/h9-10,13,15,17H,4-8,11-12,14H2,1-3H3,(H,24,26,29). The largest absolute Gasteiger partial charge is 0.487 e. The zero-order valence-electron chi connectivity index (χ0n) is 19.5. The van der Waals surface area contributed by atoms with Gasteiger partial charge in [0.1, 0.15) is 6.61 Å². The lowest BCUT2D eigenvalue weighted by Gasteiger charge is -2.23. The van der Waals surface area contributed by atoms with Crippen LogP contribution < -0.4 is 14.8 Å². The van der Waals surface area contributed by atoms with Crippen LogP contribution in [0.15, 0.2) is 24.7 Å². The van der Waals surface area contributed by atoms with E-state index < -0.39 is 0 Å². The Morgan fingerprint density at radius 2 is 1.94 bits per heavy atom. The molecule has 0 unspecified atom stereocenters. The molecular weight excluding hydrogens is 422 g/mol. The van der Waals surface area contributed by atoms with Gasteiger partial charge < -0.3 is 19.5 Å². The van der Waals surface area contributed by atoms with Crippen LogP contribution in [0.25, 0.3) is 11.4 Å². The first-order valence-corrected chi connectivity index (χ1v) is 11.3. The second-order valence-electron chi connectivity index (χ2n) is 8.06. The second-order valence-corrected chi connectivity index (χ2v) is 8.06. The smallest absolute Gasteiger partial charge is 0.226 e. The highest BCUT2D eigenvalue weighted by Gasteiger charge is 2.19. The molecule has 33 heavy (non-hydrogen) atoms. The molecule has 0 radical (unpaired) electrons. The number of aryl methyl sites for hydroxylation is 2. The van der Waals surface area contributed by atoms with Crippen molar-refractivity contribution in [3.63, 3.8) is 0 Å². The molecule has 1 saturated carbocycles. The van der Waals surface area contributed by atoms with Crippen molar-refractivity contribution in [3.8, 4) is 23.0 Å². The van der Waals surface area contributed by atoms with E-state index >= 15 is 0 Å². The third-order valence-corrected chi connectivity index (χ3v) is 5.66. The Balaban J connectivity index is 1.44. The van der Waals surface area contributed by atoms with Gasteiger partial charge in [0.2, 0.25) is 11.8 Å². The Bertz CT molecular complexity index is 1050. The van der Waals surface area contributed by atoms with Gasteiger partial charge in [-0.2, -0.15) is 10.1 Å². The van der Waals surface area contributed by atoms with E-state index in [1.165, 1.54) is 19.3 Å². The van der Waals surface area contributed by atoms with E-state index in [-0.39, 0.29) is 6.10 Å². The molecule has 0 bridgehead atoms. The molecule has 3 heterocycles. The van der Waals surface area contributed by atoms with E-state index in [0.717, 1.165) is 35.5 Å². The number of ether oxygens (including phenoxy) is 3. The summed E-state index contributed by atoms with van der Waals surface area (Å²) in [6.07, 6.45) is 11.4. The molecule has 3 aromatic heterocycles. The van der Waals surface area contributed by atoms with E-state index in [1.807, 2.05) is 14.0 Å². The van der Waals surface area contributed by atoms with Gasteiger partial charge in [0.25, 0.3) is 0 Å². The maximum atomic E-state index is 6.17. The fourth-order valence-electron chi connectivity index (χ4n) is 3.82. The SMILES string of the molecule is COCCOc1ccnc(NCc2c(-c3ncc(OC4CCCCC4)c(C)n3)cnn2C)n1. The summed E-state index contributed by atoms with van der Waals surface area (Å²) in [5.41, 5.74) is 2.60. The van der Waals surface area contributed by atoms with Crippen molar-refractivity contribution < 1.29 is 14.2 Å². The summed E-state index contributed by atoms with van der Waals surface area (Å²) in [6.45, 7) is 3.33. The van der Waals surface area contributed by atoms with Gasteiger partial charge in [-0.15, -0.1) is 0 Å². The molecule has 0 aromatic carbocycles. The Morgan fingerprint density at radius 1 is 1.09 bits per heavy atom. The van der Waals surface area contributed by atoms with E-state index in [2.05, 4.69) is 25.4 Å². The van der Waals surface area contributed by atoms with Crippen molar-refractivity contribution in [2.45, 2.75) is 51.7 Å². The molecule has 10 heteroatoms. The Hall–Kier alpha value is -3.27. The van der Waals surface area contributed by atoms with Crippen LogP contribution in [-0.4, -0.2) is 56.1 Å². The van der Waals surface area contributed by atoms with Crippen LogP contribution in [0.2, 0.25) is 0 Å². The van der Waals surface area contributed by atoms with Gasteiger partial charge in [0, 0.05) is 26.4 Å². The zero-order valence-corrected chi connectivity index (χ0v) is 19.5. The molecule has 1 aliphatic rings. The number of anilines is 1. The Kier molecular flexibility index (Phi) is 7.66. The molecular formula is C23H31N7O3. The summed E-state index contributed by atoms with van der Waals surface area (Å²) in [4.78, 5) is 17.9. The quantitative estimate of drug-likeness (QED) is 0.462. The lowest BCUT2D eigenvalue weighted by Crippen LogP contribution is -2.20. The van der Waals surface area contributed by atoms with Crippen LogP contribution in [-0.2, 0) is 18.3 Å². The van der Waals surface area contributed by atoms with Crippen molar-refractivity contribution in [2.75, 3.05) is 25.6 Å². The molecule has 0 atom stereocenters. The molecule has 0 spiro atoms. The summed E-state index contributed by atoms with van der Waals surface area (Å²) in [5, 5.41) is 7.64. The van der Waals surface area contributed by atoms with Gasteiger partial charge >= 0.3 is 0 Å². The van der Waals surface area contributed by atoms with Crippen LogP contribution in [0.1, 0.15) is 43.5 Å². The summed E-state index contributed by atoms with van der Waals surface area (Å²) >= 11 is 0. The van der Waals surface area contributed by atoms with Crippen LogP contribution in [0.4, 0.5) is 5.95 Å². The molecule has 0 saturated heterocycles. The maximum absolute atomic E-state index is 6.17. The Morgan fingerprint density at radius 3 is 2.73 bits per heavy atom. The number of nitrogens with one attached hydrogen (secondary N) is 1. The summed E-state index contributed by atoms with van der Waals surface area (Å²) in [6, 6.07) is 1.71. The highest BCUT2D eigenvalue weighted by Crippen LogP contribution is 2.27. The highest BCUT2D eigenvalue weighted by atomic mass is 16.5. The topological polar surface area (TPSA) is 109 Å². The van der Waals surface area contributed by atoms with Gasteiger partial charge in [-0.1, -0.05) is 6.42 Å². The average Bonchev–Trinajstić information content (AvgIpc) is 3.20. The van der Waals surface area contributed by atoms with Crippen LogP contribution in [0.5, 0.6) is 11.6 Å². The molecule has 3 aromatic rings.